The van der Waals surface area contributed by atoms with Crippen LogP contribution in [-0.2, 0) is 4.79 Å². The lowest BCUT2D eigenvalue weighted by atomic mass is 10.4. The van der Waals surface area contributed by atoms with Crippen molar-refractivity contribution in [1.29, 1.82) is 1.43 Å². The first-order valence-corrected chi connectivity index (χ1v) is 3.66. The van der Waals surface area contributed by atoms with Gasteiger partial charge in [-0.05, 0) is 17.7 Å². The molecule has 0 bridgehead atoms. The summed E-state index contributed by atoms with van der Waals surface area (Å²) in [5.41, 5.74) is 0. The van der Waals surface area contributed by atoms with Gasteiger partial charge in [0.05, 0.1) is 7.34 Å². The van der Waals surface area contributed by atoms with E-state index < -0.39 is 5.97 Å². The molecular formula is C6H7O3S-. The average molecular weight is 161 g/mol. The molecule has 0 atom stereocenters. The van der Waals surface area contributed by atoms with Crippen molar-refractivity contribution >= 4 is 17.7 Å². The van der Waals surface area contributed by atoms with Gasteiger partial charge in [0.25, 0.3) is 1.43 Å². The van der Waals surface area contributed by atoms with Crippen LogP contribution >= 0.6 is 11.8 Å². The molecule has 3 nitrogen and oxygen atoms in total. The van der Waals surface area contributed by atoms with Crippen molar-refractivity contribution < 1.29 is 16.4 Å². The van der Waals surface area contributed by atoms with Crippen LogP contribution in [0.15, 0.2) is 23.3 Å². The number of carbonyl (C=O) groups is 1. The molecule has 0 aliphatic heterocycles. The van der Waals surface area contributed by atoms with Crippen molar-refractivity contribution in [3.63, 3.8) is 0 Å². The summed E-state index contributed by atoms with van der Waals surface area (Å²) in [6, 6.07) is -0.165. The number of hydrogen-bond donors (Lipinski definition) is 1. The molecule has 1 N–H and O–H groups in total. The molecule has 4 heteroatoms. The van der Waals surface area contributed by atoms with Crippen molar-refractivity contribution in [3.8, 4) is 0 Å². The van der Waals surface area contributed by atoms with Gasteiger partial charge in [-0.3, -0.25) is 0 Å². The molecule has 0 spiro atoms. The lowest BCUT2D eigenvalue weighted by molar-refractivity contribution is -0.297. The molecule has 0 aromatic heterocycles. The molecule has 0 aliphatic carbocycles. The maximum absolute atomic E-state index is 10.0. The minimum Gasteiger partial charge on any atom is -0.545 e. The van der Waals surface area contributed by atoms with Gasteiger partial charge in [0.1, 0.15) is 5.76 Å². The zero-order valence-corrected chi connectivity index (χ0v) is 6.10. The second-order valence-corrected chi connectivity index (χ2v) is 2.03. The number of thioether (sulfide) groups is 1. The summed E-state index contributed by atoms with van der Waals surface area (Å²) in [7, 11) is 0. The van der Waals surface area contributed by atoms with Gasteiger partial charge in [0.2, 0.25) is 0 Å². The molecule has 0 heterocycles. The quantitative estimate of drug-likeness (QED) is 0.359. The van der Waals surface area contributed by atoms with Gasteiger partial charge >= 0.3 is 0 Å². The first kappa shape index (κ1) is 5.85. The highest BCUT2D eigenvalue weighted by Gasteiger charge is 1.82. The van der Waals surface area contributed by atoms with E-state index in [2.05, 4.69) is 5.11 Å². The smallest absolute Gasteiger partial charge is 0.293 e. The van der Waals surface area contributed by atoms with E-state index in [1.165, 1.54) is 17.2 Å². The number of rotatable bonds is 4. The fourth-order valence-electron chi connectivity index (χ4n) is 0.266. The number of aliphatic hydroxyl groups is 1. The van der Waals surface area contributed by atoms with Gasteiger partial charge in [-0.2, -0.15) is 0 Å². The SMILES string of the molecule is [2H]OC(=C\C(=O)[O-])/C([2H])=C/SC. The summed E-state index contributed by atoms with van der Waals surface area (Å²) >= 11 is 1.21. The van der Waals surface area contributed by atoms with Crippen LogP contribution in [0.4, 0.5) is 0 Å². The van der Waals surface area contributed by atoms with E-state index in [1.807, 2.05) is 0 Å². The monoisotopic (exact) mass is 161 g/mol. The molecule has 0 aromatic carbocycles. The molecule has 0 radical (unpaired) electrons. The highest BCUT2D eigenvalue weighted by atomic mass is 32.2. The standard InChI is InChI=1S/C6H8O3S/c1-10-3-2-5(7)4-6(8)9/h2-4,7H,1H3,(H,8,9)/p-1/b3-2+,5-4-/i2D/hD. The van der Waals surface area contributed by atoms with Crippen molar-refractivity contribution in [3.05, 3.63) is 23.3 Å². The van der Waals surface area contributed by atoms with Crippen LogP contribution in [0, 0.1) is 0 Å². The topological polar surface area (TPSA) is 60.4 Å². The highest BCUT2D eigenvalue weighted by Crippen LogP contribution is 1.97. The summed E-state index contributed by atoms with van der Waals surface area (Å²) in [5, 5.41) is 15.3. The molecule has 0 aliphatic rings. The Labute approximate surface area is 66.0 Å². The number of aliphatic carboxylic acids is 1. The number of allylic oxidation sites excluding steroid dienone is 1. The molecule has 0 aromatic rings. The van der Waals surface area contributed by atoms with Gasteiger partial charge in [-0.1, -0.05) is 0 Å². The van der Waals surface area contributed by atoms with Crippen LogP contribution in [-0.4, -0.2) is 17.3 Å². The lowest BCUT2D eigenvalue weighted by Crippen LogP contribution is -2.19. The van der Waals surface area contributed by atoms with Crippen LogP contribution in [0.3, 0.4) is 0 Å². The van der Waals surface area contributed by atoms with Gasteiger partial charge < -0.3 is 15.0 Å². The van der Waals surface area contributed by atoms with Crippen molar-refractivity contribution in [2.75, 3.05) is 6.26 Å². The van der Waals surface area contributed by atoms with E-state index in [-0.39, 0.29) is 11.8 Å². The Morgan fingerprint density at radius 2 is 2.70 bits per heavy atom. The second-order valence-electron chi connectivity index (χ2n) is 1.33. The van der Waals surface area contributed by atoms with E-state index in [1.54, 1.807) is 6.26 Å². The number of carboxylic acid groups (broad SMARTS) is 1. The van der Waals surface area contributed by atoms with Crippen LogP contribution in [0.25, 0.3) is 1.43 Å². The first-order valence-electron chi connectivity index (χ1n) is 3.28. The number of carboxylic acids is 1. The Morgan fingerprint density at radius 3 is 3.10 bits per heavy atom. The zero-order chi connectivity index (χ0) is 9.56. The van der Waals surface area contributed by atoms with Crippen molar-refractivity contribution in [2.24, 2.45) is 0 Å². The lowest BCUT2D eigenvalue weighted by Gasteiger charge is -1.91. The Balaban J connectivity index is 4.55. The van der Waals surface area contributed by atoms with E-state index in [4.69, 9.17) is 2.80 Å². The van der Waals surface area contributed by atoms with Crippen LogP contribution < -0.4 is 5.11 Å². The second kappa shape index (κ2) is 4.93. The molecule has 0 amide bonds. The largest absolute Gasteiger partial charge is 0.545 e. The maximum atomic E-state index is 10.0. The predicted octanol–water partition coefficient (Wildman–Crippen LogP) is 0.0549. The van der Waals surface area contributed by atoms with Crippen LogP contribution in [0.1, 0.15) is 1.37 Å². The predicted molar refractivity (Wildman–Crippen MR) is 38.4 cm³/mol. The number of aliphatic hydroxyl groups excluding tert-OH is 1. The van der Waals surface area contributed by atoms with Gasteiger partial charge in [-0.25, -0.2) is 0 Å². The Kier molecular flexibility index (Phi) is 2.89. The summed E-state index contributed by atoms with van der Waals surface area (Å²) in [6.07, 6.45) is 2.26. The van der Waals surface area contributed by atoms with E-state index >= 15 is 0 Å². The maximum Gasteiger partial charge on any atom is 0.293 e. The third kappa shape index (κ3) is 5.24. The van der Waals surface area contributed by atoms with E-state index in [9.17, 15) is 9.90 Å². The van der Waals surface area contributed by atoms with Crippen LogP contribution in [0.5, 0.6) is 0 Å². The third-order valence-corrected chi connectivity index (χ3v) is 0.922. The average Bonchev–Trinajstić information content (AvgIpc) is 2.00. The molecular weight excluding hydrogens is 152 g/mol. The Bertz CT molecular complexity index is 225. The summed E-state index contributed by atoms with van der Waals surface area (Å²) in [5.74, 6) is -1.83. The number of hydrogen-bond acceptors (Lipinski definition) is 4. The fourth-order valence-corrected chi connectivity index (χ4v) is 0.500. The zero-order valence-electron chi connectivity index (χ0n) is 7.29. The van der Waals surface area contributed by atoms with E-state index in [0.29, 0.717) is 6.08 Å². The molecule has 0 saturated carbocycles. The van der Waals surface area contributed by atoms with Gasteiger partial charge in [0.15, 0.2) is 0 Å². The molecule has 56 valence electrons. The van der Waals surface area contributed by atoms with Crippen molar-refractivity contribution in [1.82, 2.24) is 0 Å². The molecule has 10 heavy (non-hydrogen) atoms. The van der Waals surface area contributed by atoms with E-state index in [0.717, 1.165) is 0 Å². The van der Waals surface area contributed by atoms with Gasteiger partial charge in [-0.15, -0.1) is 11.8 Å². The normalized spacial score (nSPS) is 15.7. The molecule has 0 fully saturated rings. The number of carbonyl (C=O) groups excluding carboxylic acids is 1. The van der Waals surface area contributed by atoms with Gasteiger partial charge in [0, 0.05) is 6.08 Å². The third-order valence-electron chi connectivity index (χ3n) is 0.568. The fraction of sp³-hybridized carbons (Fsp3) is 0.167. The first-order chi connectivity index (χ1) is 5.61. The minimum absolute atomic E-state index is 0.165. The molecule has 0 unspecified atom stereocenters. The molecule has 0 saturated heterocycles. The molecule has 0 rings (SSSR count). The Morgan fingerprint density at radius 1 is 2.00 bits per heavy atom. The van der Waals surface area contributed by atoms with Crippen LogP contribution in [0.2, 0.25) is 0 Å². The highest BCUT2D eigenvalue weighted by molar-refractivity contribution is 8.01. The minimum atomic E-state index is -1.49. The summed E-state index contributed by atoms with van der Waals surface area (Å²) in [6.45, 7) is 0. The summed E-state index contributed by atoms with van der Waals surface area (Å²) in [4.78, 5) is 10.0. The Hall–Kier alpha value is -0.900. The van der Waals surface area contributed by atoms with Crippen molar-refractivity contribution in [2.45, 2.75) is 0 Å². The summed E-state index contributed by atoms with van der Waals surface area (Å²) < 4.78 is 13.6.